The van der Waals surface area contributed by atoms with Crippen LogP contribution in [0.2, 0.25) is 0 Å². The second-order valence-electron chi connectivity index (χ2n) is 4.75. The largest absolute Gasteiger partial charge is 0.494 e. The molecule has 1 amide bonds. The van der Waals surface area contributed by atoms with E-state index in [0.717, 1.165) is 36.3 Å². The summed E-state index contributed by atoms with van der Waals surface area (Å²) in [5.41, 5.74) is 1.85. The van der Waals surface area contributed by atoms with E-state index in [0.29, 0.717) is 6.61 Å². The smallest absolute Gasteiger partial charge is 0.411 e. The van der Waals surface area contributed by atoms with Gasteiger partial charge in [-0.3, -0.25) is 5.32 Å². The molecule has 0 saturated heterocycles. The highest BCUT2D eigenvalue weighted by Gasteiger charge is 2.10. The number of carbonyl (C=O) groups excluding carboxylic acids is 1. The van der Waals surface area contributed by atoms with Gasteiger partial charge in [0.1, 0.15) is 11.9 Å². The molecule has 0 fully saturated rings. The van der Waals surface area contributed by atoms with Crippen LogP contribution in [0.3, 0.4) is 0 Å². The monoisotopic (exact) mass is 279 g/mol. The quantitative estimate of drug-likeness (QED) is 0.805. The summed E-state index contributed by atoms with van der Waals surface area (Å²) < 4.78 is 10.8. The summed E-state index contributed by atoms with van der Waals surface area (Å²) in [6.07, 6.45) is 2.27. The van der Waals surface area contributed by atoms with E-state index in [1.807, 2.05) is 39.0 Å². The first-order valence-corrected chi connectivity index (χ1v) is 7.34. The van der Waals surface area contributed by atoms with E-state index in [9.17, 15) is 4.79 Å². The van der Waals surface area contributed by atoms with Gasteiger partial charge in [0.05, 0.1) is 6.61 Å². The number of carbonyl (C=O) groups is 1. The Morgan fingerprint density at radius 1 is 1.30 bits per heavy atom. The van der Waals surface area contributed by atoms with Crippen molar-refractivity contribution in [2.24, 2.45) is 0 Å². The van der Waals surface area contributed by atoms with Gasteiger partial charge in [0.15, 0.2) is 0 Å². The number of nitrogens with one attached hydrogen (secondary N) is 1. The van der Waals surface area contributed by atoms with Crippen LogP contribution in [0.1, 0.15) is 46.1 Å². The molecular formula is C16H25NO3. The van der Waals surface area contributed by atoms with Crippen LogP contribution in [-0.4, -0.2) is 18.8 Å². The van der Waals surface area contributed by atoms with Crippen LogP contribution in [0.25, 0.3) is 0 Å². The summed E-state index contributed by atoms with van der Waals surface area (Å²) in [4.78, 5) is 11.7. The van der Waals surface area contributed by atoms with E-state index < -0.39 is 6.09 Å². The highest BCUT2D eigenvalue weighted by Crippen LogP contribution is 2.24. The molecular weight excluding hydrogens is 254 g/mol. The van der Waals surface area contributed by atoms with Gasteiger partial charge in [-0.1, -0.05) is 20.3 Å². The van der Waals surface area contributed by atoms with Gasteiger partial charge in [-0.05, 0) is 50.5 Å². The molecule has 0 spiro atoms. The summed E-state index contributed by atoms with van der Waals surface area (Å²) in [6.45, 7) is 8.58. The number of hydrogen-bond donors (Lipinski definition) is 1. The van der Waals surface area contributed by atoms with Crippen molar-refractivity contribution in [2.45, 2.75) is 53.1 Å². The molecule has 4 nitrogen and oxygen atoms in total. The van der Waals surface area contributed by atoms with E-state index in [2.05, 4.69) is 12.2 Å². The number of benzene rings is 1. The number of ether oxygens (including phenoxy) is 2. The molecule has 4 heteroatoms. The fourth-order valence-corrected chi connectivity index (χ4v) is 1.83. The predicted octanol–water partition coefficient (Wildman–Crippen LogP) is 4.38. The van der Waals surface area contributed by atoms with Gasteiger partial charge >= 0.3 is 6.09 Å². The lowest BCUT2D eigenvalue weighted by molar-refractivity contribution is 0.118. The first-order valence-electron chi connectivity index (χ1n) is 7.34. The maximum Gasteiger partial charge on any atom is 0.411 e. The van der Waals surface area contributed by atoms with E-state index in [1.165, 1.54) is 0 Å². The number of amides is 1. The molecule has 0 heterocycles. The number of anilines is 1. The molecule has 0 aromatic heterocycles. The molecule has 0 aliphatic heterocycles. The zero-order chi connectivity index (χ0) is 15.0. The minimum absolute atomic E-state index is 0.0761. The highest BCUT2D eigenvalue weighted by atomic mass is 16.6. The van der Waals surface area contributed by atoms with E-state index in [4.69, 9.17) is 9.47 Å². The lowest BCUT2D eigenvalue weighted by atomic mass is 10.1. The third-order valence-corrected chi connectivity index (χ3v) is 3.01. The van der Waals surface area contributed by atoms with Gasteiger partial charge in [-0.2, -0.15) is 0 Å². The van der Waals surface area contributed by atoms with Crippen LogP contribution in [0.15, 0.2) is 18.2 Å². The first-order chi connectivity index (χ1) is 9.60. The Kier molecular flexibility index (Phi) is 6.91. The summed E-state index contributed by atoms with van der Waals surface area (Å²) in [6, 6.07) is 5.68. The van der Waals surface area contributed by atoms with Gasteiger partial charge in [-0.15, -0.1) is 0 Å². The van der Waals surface area contributed by atoms with Crippen LogP contribution in [0, 0.1) is 0 Å². The molecule has 0 saturated carbocycles. The van der Waals surface area contributed by atoms with Gasteiger partial charge in [-0.25, -0.2) is 4.79 Å². The van der Waals surface area contributed by atoms with Gasteiger partial charge in [0, 0.05) is 5.69 Å². The van der Waals surface area contributed by atoms with Crippen molar-refractivity contribution < 1.29 is 14.3 Å². The van der Waals surface area contributed by atoms with E-state index >= 15 is 0 Å². The van der Waals surface area contributed by atoms with Gasteiger partial charge in [0.2, 0.25) is 0 Å². The van der Waals surface area contributed by atoms with Crippen molar-refractivity contribution in [3.8, 4) is 5.75 Å². The Morgan fingerprint density at radius 2 is 2.05 bits per heavy atom. The van der Waals surface area contributed by atoms with Gasteiger partial charge in [0.25, 0.3) is 0 Å². The Morgan fingerprint density at radius 3 is 2.65 bits per heavy atom. The molecule has 0 radical (unpaired) electrons. The third-order valence-electron chi connectivity index (χ3n) is 3.01. The molecule has 0 aliphatic rings. The van der Waals surface area contributed by atoms with Crippen LogP contribution in [0.5, 0.6) is 5.75 Å². The molecule has 1 unspecified atom stereocenters. The average Bonchev–Trinajstić information content (AvgIpc) is 2.42. The maximum atomic E-state index is 11.7. The highest BCUT2D eigenvalue weighted by molar-refractivity contribution is 5.85. The summed E-state index contributed by atoms with van der Waals surface area (Å²) in [7, 11) is 0. The SMILES string of the molecule is CCCc1cc(NC(=O)OC(C)CC)ccc1OCC. The van der Waals surface area contributed by atoms with Crippen molar-refractivity contribution in [2.75, 3.05) is 11.9 Å². The number of hydrogen-bond acceptors (Lipinski definition) is 3. The van der Waals surface area contributed by atoms with Crippen LogP contribution < -0.4 is 10.1 Å². The standard InChI is InChI=1S/C16H25NO3/c1-5-8-13-11-14(9-10-15(13)19-7-3)17-16(18)20-12(4)6-2/h9-12H,5-8H2,1-4H3,(H,17,18). The third kappa shape index (κ3) is 5.11. The van der Waals surface area contributed by atoms with Gasteiger partial charge < -0.3 is 9.47 Å². The minimum atomic E-state index is -0.411. The predicted molar refractivity (Wildman–Crippen MR) is 81.5 cm³/mol. The second kappa shape index (κ2) is 8.46. The Balaban J connectivity index is 2.75. The molecule has 112 valence electrons. The Hall–Kier alpha value is -1.71. The van der Waals surface area contributed by atoms with Crippen molar-refractivity contribution in [3.05, 3.63) is 23.8 Å². The molecule has 1 rings (SSSR count). The van der Waals surface area contributed by atoms with E-state index in [-0.39, 0.29) is 6.10 Å². The summed E-state index contributed by atoms with van der Waals surface area (Å²) >= 11 is 0. The molecule has 1 aromatic rings. The fraction of sp³-hybridized carbons (Fsp3) is 0.562. The summed E-state index contributed by atoms with van der Waals surface area (Å²) in [5, 5.41) is 2.76. The normalized spacial score (nSPS) is 11.8. The van der Waals surface area contributed by atoms with Crippen molar-refractivity contribution in [1.82, 2.24) is 0 Å². The van der Waals surface area contributed by atoms with Crippen LogP contribution in [0.4, 0.5) is 10.5 Å². The lowest BCUT2D eigenvalue weighted by Gasteiger charge is -2.14. The topological polar surface area (TPSA) is 47.6 Å². The van der Waals surface area contributed by atoms with Crippen molar-refractivity contribution >= 4 is 11.8 Å². The van der Waals surface area contributed by atoms with Crippen LogP contribution in [-0.2, 0) is 11.2 Å². The Bertz CT molecular complexity index is 432. The zero-order valence-electron chi connectivity index (χ0n) is 12.9. The first kappa shape index (κ1) is 16.3. The number of aryl methyl sites for hydroxylation is 1. The number of rotatable bonds is 7. The van der Waals surface area contributed by atoms with Crippen LogP contribution >= 0.6 is 0 Å². The van der Waals surface area contributed by atoms with Crippen molar-refractivity contribution in [3.63, 3.8) is 0 Å². The second-order valence-corrected chi connectivity index (χ2v) is 4.75. The zero-order valence-corrected chi connectivity index (χ0v) is 12.9. The lowest BCUT2D eigenvalue weighted by Crippen LogP contribution is -2.19. The maximum absolute atomic E-state index is 11.7. The molecule has 1 atom stereocenters. The fourth-order valence-electron chi connectivity index (χ4n) is 1.83. The van der Waals surface area contributed by atoms with E-state index in [1.54, 1.807) is 0 Å². The molecule has 1 N–H and O–H groups in total. The molecule has 1 aromatic carbocycles. The van der Waals surface area contributed by atoms with Crippen molar-refractivity contribution in [1.29, 1.82) is 0 Å². The minimum Gasteiger partial charge on any atom is -0.494 e. The Labute approximate surface area is 121 Å². The molecule has 20 heavy (non-hydrogen) atoms. The summed E-state index contributed by atoms with van der Waals surface area (Å²) in [5.74, 6) is 0.884. The molecule has 0 bridgehead atoms. The molecule has 0 aliphatic carbocycles. The average molecular weight is 279 g/mol.